The van der Waals surface area contributed by atoms with Crippen molar-refractivity contribution in [1.82, 2.24) is 25.2 Å². The summed E-state index contributed by atoms with van der Waals surface area (Å²) in [5.41, 5.74) is -0.0838. The summed E-state index contributed by atoms with van der Waals surface area (Å²) in [4.78, 5) is 44.5. The molecule has 1 spiro atoms. The van der Waals surface area contributed by atoms with Crippen LogP contribution in [0.1, 0.15) is 121 Å². The van der Waals surface area contributed by atoms with Crippen LogP contribution < -0.4 is 19.9 Å². The van der Waals surface area contributed by atoms with Gasteiger partial charge in [-0.3, -0.25) is 19.9 Å². The molecule has 6 heterocycles. The van der Waals surface area contributed by atoms with Gasteiger partial charge in [0, 0.05) is 80.7 Å². The van der Waals surface area contributed by atoms with Crippen molar-refractivity contribution in [2.24, 2.45) is 10.8 Å². The average Bonchev–Trinajstić information content (AvgIpc) is 4.14. The zero-order valence-corrected chi connectivity index (χ0v) is 41.8. The fraction of sp³-hybridized carbons (Fsp3) is 0.554. The molecule has 2 saturated carbocycles. The highest BCUT2D eigenvalue weighted by molar-refractivity contribution is 6.02. The van der Waals surface area contributed by atoms with Gasteiger partial charge in [0.1, 0.15) is 40.2 Å². The van der Waals surface area contributed by atoms with E-state index in [-0.39, 0.29) is 76.5 Å². The Hall–Kier alpha value is -5.65. The highest BCUT2D eigenvalue weighted by Gasteiger charge is 2.46. The van der Waals surface area contributed by atoms with Gasteiger partial charge in [-0.1, -0.05) is 13.0 Å². The van der Waals surface area contributed by atoms with Crippen LogP contribution in [0.3, 0.4) is 0 Å². The first kappa shape index (κ1) is 49.6. The second-order valence-corrected chi connectivity index (χ2v) is 22.4. The zero-order valence-electron chi connectivity index (χ0n) is 41.8. The molecule has 13 nitrogen and oxygen atoms in total. The summed E-state index contributed by atoms with van der Waals surface area (Å²) < 4.78 is 76.2. The number of phenolic OH excluding ortho intramolecular Hbond substituents is 1. The Bertz CT molecular complexity index is 2920. The van der Waals surface area contributed by atoms with Crippen LogP contribution in [0, 0.1) is 34.1 Å². The van der Waals surface area contributed by atoms with Gasteiger partial charge in [0.05, 0.1) is 35.7 Å². The lowest BCUT2D eigenvalue weighted by Gasteiger charge is -2.47. The summed E-state index contributed by atoms with van der Waals surface area (Å²) >= 11 is 0. The van der Waals surface area contributed by atoms with Gasteiger partial charge in [-0.2, -0.15) is 9.97 Å². The van der Waals surface area contributed by atoms with Crippen molar-refractivity contribution in [1.29, 1.82) is 0 Å². The minimum atomic E-state index is -1.01. The number of benzene rings is 3. The number of likely N-dealkylation sites (tertiary alicyclic amines) is 1. The number of nitrogens with zero attached hydrogens (tertiary/aromatic N) is 6. The minimum absolute atomic E-state index is 0.00468. The number of aromatic hydroxyl groups is 1. The highest BCUT2D eigenvalue weighted by atomic mass is 19.1. The molecule has 2 amide bonds. The van der Waals surface area contributed by atoms with E-state index in [4.69, 9.17) is 14.5 Å². The van der Waals surface area contributed by atoms with Gasteiger partial charge in [-0.25, -0.2) is 17.6 Å². The maximum Gasteiger partial charge on any atom is 0.319 e. The van der Waals surface area contributed by atoms with Crippen LogP contribution in [-0.2, 0) is 20.7 Å². The number of halogens is 4. The topological polar surface area (TPSA) is 153 Å². The Morgan fingerprint density at radius 1 is 0.822 bits per heavy atom. The largest absolute Gasteiger partial charge is 0.508 e. The standard InChI is InChI=1S/C56H65F4N7O6/c1-3-38-42(57)7-5-33-25-35(68)28-40(46(33)38)49-48(60)50-41(29-61-49)51(67-20-4-13-54(2,71)30-67)64-53(63-50)72-32-56(16-17-56)31-65-21-11-37(12-22-65)73-36-9-14-55(15-10-36)18-23-66(24-19-55)34-26-43(58)47(44(59)27-34)39-6-8-45(69)62-52(39)70/h5,7,25-29,36-37,39,68,71H,3-4,6,8-24,30-32H2,1-2H3,(H,62,69,70)/t39?,54-/m1/s1. The smallest absolute Gasteiger partial charge is 0.319 e. The molecule has 6 fully saturated rings. The molecule has 4 saturated heterocycles. The number of nitrogens with one attached hydrogen (secondary N) is 1. The number of hydrogen-bond acceptors (Lipinski definition) is 12. The normalized spacial score (nSPS) is 23.9. The Kier molecular flexibility index (Phi) is 13.3. The van der Waals surface area contributed by atoms with E-state index in [2.05, 4.69) is 20.2 Å². The number of aryl methyl sites for hydroxylation is 1. The van der Waals surface area contributed by atoms with Crippen LogP contribution in [0.2, 0.25) is 0 Å². The molecule has 2 aliphatic carbocycles. The number of aliphatic hydroxyl groups is 1. The van der Waals surface area contributed by atoms with Crippen LogP contribution >= 0.6 is 0 Å². The van der Waals surface area contributed by atoms with Crippen molar-refractivity contribution in [2.45, 2.75) is 134 Å². The first-order chi connectivity index (χ1) is 35.1. The van der Waals surface area contributed by atoms with Crippen molar-refractivity contribution in [2.75, 3.05) is 62.2 Å². The summed E-state index contributed by atoms with van der Waals surface area (Å²) in [6, 6.07) is 8.57. The molecule has 5 aromatic rings. The second kappa shape index (κ2) is 19.6. The molecule has 3 N–H and O–H groups in total. The number of β-amino-alcohol motifs (C(OH)–C–C–N with tert-alkyl or cyclic N) is 1. The first-order valence-corrected chi connectivity index (χ1v) is 26.4. The lowest BCUT2D eigenvalue weighted by Crippen LogP contribution is -2.46. The summed E-state index contributed by atoms with van der Waals surface area (Å²) in [7, 11) is 0. The van der Waals surface area contributed by atoms with E-state index in [1.807, 2.05) is 16.7 Å². The van der Waals surface area contributed by atoms with Gasteiger partial charge in [-0.15, -0.1) is 0 Å². The number of amides is 2. The van der Waals surface area contributed by atoms with Gasteiger partial charge >= 0.3 is 6.01 Å². The van der Waals surface area contributed by atoms with Crippen LogP contribution in [0.5, 0.6) is 11.8 Å². The predicted octanol–water partition coefficient (Wildman–Crippen LogP) is 9.41. The second-order valence-electron chi connectivity index (χ2n) is 22.4. The van der Waals surface area contributed by atoms with Gasteiger partial charge in [-0.05, 0) is 149 Å². The number of carbonyl (C=O) groups excluding carboxylic acids is 2. The van der Waals surface area contributed by atoms with Crippen LogP contribution in [0.15, 0.2) is 42.6 Å². The van der Waals surface area contributed by atoms with Crippen LogP contribution in [0.4, 0.5) is 29.1 Å². The van der Waals surface area contributed by atoms with E-state index >= 15 is 17.6 Å². The van der Waals surface area contributed by atoms with E-state index in [9.17, 15) is 19.8 Å². The number of phenols is 1. The fourth-order valence-corrected chi connectivity index (χ4v) is 12.8. The van der Waals surface area contributed by atoms with Gasteiger partial charge in [0.15, 0.2) is 5.82 Å². The number of aromatic nitrogens is 3. The number of piperidine rings is 4. The zero-order chi connectivity index (χ0) is 50.8. The molecule has 3 aromatic carbocycles. The molecule has 2 aromatic heterocycles. The number of imide groups is 1. The average molecular weight is 1010 g/mol. The van der Waals surface area contributed by atoms with E-state index < -0.39 is 46.6 Å². The SMILES string of the molecule is CCc1c(F)ccc2cc(O)cc(-c3ncc4c(N5CCC[C@@](C)(O)C5)nc(OCC5(CN6CCC(OC7CCC8(CC7)CCN(c7cc(F)c(C9CCC(=O)NC9=O)c(F)c7)CC8)CC6)CC5)nc4c3F)c12. The molecule has 1 unspecified atom stereocenters. The molecule has 6 aliphatic rings. The number of carbonyl (C=O) groups is 2. The molecule has 388 valence electrons. The van der Waals surface area contributed by atoms with Crippen LogP contribution in [-0.4, -0.2) is 112 Å². The highest BCUT2D eigenvalue weighted by Crippen LogP contribution is 2.49. The molecule has 4 aliphatic heterocycles. The lowest BCUT2D eigenvalue weighted by molar-refractivity contribution is -0.134. The maximum absolute atomic E-state index is 17.1. The number of anilines is 2. The van der Waals surface area contributed by atoms with Crippen molar-refractivity contribution in [3.8, 4) is 23.0 Å². The quantitative estimate of drug-likeness (QED) is 0.0807. The molecular formula is C56H65F4N7O6. The molecule has 0 radical (unpaired) electrons. The Morgan fingerprint density at radius 3 is 2.23 bits per heavy atom. The van der Waals surface area contributed by atoms with Crippen molar-refractivity contribution < 1.29 is 46.8 Å². The van der Waals surface area contributed by atoms with Crippen molar-refractivity contribution >= 4 is 45.0 Å². The number of hydrogen-bond donors (Lipinski definition) is 3. The van der Waals surface area contributed by atoms with E-state index in [0.29, 0.717) is 78.7 Å². The summed E-state index contributed by atoms with van der Waals surface area (Å²) in [6.45, 7) is 8.92. The number of ether oxygens (including phenoxy) is 2. The molecule has 17 heteroatoms. The lowest BCUT2D eigenvalue weighted by atomic mass is 9.67. The summed E-state index contributed by atoms with van der Waals surface area (Å²) in [6.07, 6.45) is 13.6. The molecule has 11 rings (SSSR count). The Balaban J connectivity index is 0.702. The maximum atomic E-state index is 17.1. The third-order valence-corrected chi connectivity index (χ3v) is 17.2. The van der Waals surface area contributed by atoms with Crippen LogP contribution in [0.25, 0.3) is 32.9 Å². The summed E-state index contributed by atoms with van der Waals surface area (Å²) in [5, 5.41) is 25.4. The molecule has 2 atom stereocenters. The molecule has 73 heavy (non-hydrogen) atoms. The van der Waals surface area contributed by atoms with E-state index in [0.717, 1.165) is 83.8 Å². The number of pyridine rings is 1. The van der Waals surface area contributed by atoms with Gasteiger partial charge in [0.25, 0.3) is 0 Å². The van der Waals surface area contributed by atoms with Crippen molar-refractivity contribution in [3.05, 3.63) is 77.0 Å². The first-order valence-electron chi connectivity index (χ1n) is 26.4. The third kappa shape index (κ3) is 10.0. The van der Waals surface area contributed by atoms with Crippen molar-refractivity contribution in [3.63, 3.8) is 0 Å². The molecule has 0 bridgehead atoms. The Labute approximate surface area is 422 Å². The fourth-order valence-electron chi connectivity index (χ4n) is 12.8. The van der Waals surface area contributed by atoms with E-state index in [1.165, 1.54) is 36.5 Å². The Morgan fingerprint density at radius 2 is 1.55 bits per heavy atom. The van der Waals surface area contributed by atoms with E-state index in [1.54, 1.807) is 13.0 Å². The van der Waals surface area contributed by atoms with Gasteiger partial charge < -0.3 is 34.4 Å². The predicted molar refractivity (Wildman–Crippen MR) is 269 cm³/mol. The molecular weight excluding hydrogens is 943 g/mol. The summed E-state index contributed by atoms with van der Waals surface area (Å²) in [5.74, 6) is -4.42. The third-order valence-electron chi connectivity index (χ3n) is 17.2. The van der Waals surface area contributed by atoms with Gasteiger partial charge in [0.2, 0.25) is 11.8 Å². The number of rotatable bonds is 12. The minimum Gasteiger partial charge on any atom is -0.508 e. The number of fused-ring (bicyclic) bond motifs is 2. The monoisotopic (exact) mass is 1010 g/mol.